The highest BCUT2D eigenvalue weighted by Crippen LogP contribution is 2.24. The van der Waals surface area contributed by atoms with Crippen LogP contribution < -0.4 is 14.8 Å². The van der Waals surface area contributed by atoms with Crippen LogP contribution in [0.1, 0.15) is 5.56 Å². The highest BCUT2D eigenvalue weighted by molar-refractivity contribution is 7.87. The lowest BCUT2D eigenvalue weighted by molar-refractivity contribution is 0.251. The Kier molecular flexibility index (Phi) is 6.32. The zero-order valence-corrected chi connectivity index (χ0v) is 20.1. The minimum Gasteiger partial charge on any atom is -0.379 e. The normalized spacial score (nSPS) is 11.4. The largest absolute Gasteiger partial charge is 0.379 e. The fourth-order valence-corrected chi connectivity index (χ4v) is 4.56. The van der Waals surface area contributed by atoms with Crippen LogP contribution in [0.4, 0.5) is 10.7 Å². The highest BCUT2D eigenvalue weighted by Gasteiger charge is 2.18. The van der Waals surface area contributed by atoms with Crippen molar-refractivity contribution in [3.05, 3.63) is 96.0 Å². The number of anilines is 1. The smallest absolute Gasteiger partial charge is 0.339 e. The number of aromatic nitrogens is 4. The molecule has 5 rings (SSSR count). The molecule has 0 spiro atoms. The first kappa shape index (κ1) is 23.4. The molecular formula is C24H19ClN6O4S. The maximum absolute atomic E-state index is 12.8. The van der Waals surface area contributed by atoms with E-state index in [4.69, 9.17) is 15.8 Å². The minimum atomic E-state index is -4.07. The Balaban J connectivity index is 1.25. The lowest BCUT2D eigenvalue weighted by Gasteiger charge is -2.08. The van der Waals surface area contributed by atoms with Gasteiger partial charge in [0.05, 0.1) is 17.4 Å². The summed E-state index contributed by atoms with van der Waals surface area (Å²) < 4.78 is 32.6. The molecule has 0 saturated heterocycles. The van der Waals surface area contributed by atoms with Crippen LogP contribution in [0, 0.1) is 0 Å². The summed E-state index contributed by atoms with van der Waals surface area (Å²) >= 11 is 6.10. The number of fused-ring (bicyclic) bond motifs is 1. The fraction of sp³-hybridized carbons (Fsp3) is 0.0417. The maximum atomic E-state index is 12.8. The minimum absolute atomic E-state index is 0.00559. The molecule has 0 aliphatic heterocycles. The molecule has 0 fully saturated rings. The SMILES string of the molecule is O=C(NCc1ccccc1Cl)Nc1nc2cc(OS(=O)(=O)c3ccc(-n4ccnc4)cc3)ccc2[nH]1. The van der Waals surface area contributed by atoms with Crippen LogP contribution in [0.2, 0.25) is 5.02 Å². The first-order chi connectivity index (χ1) is 17.4. The van der Waals surface area contributed by atoms with Gasteiger partial charge in [-0.05, 0) is 48.0 Å². The van der Waals surface area contributed by atoms with Crippen LogP contribution >= 0.6 is 11.6 Å². The number of H-pyrrole nitrogens is 1. The molecule has 0 radical (unpaired) electrons. The van der Waals surface area contributed by atoms with Gasteiger partial charge in [-0.1, -0.05) is 29.8 Å². The van der Waals surface area contributed by atoms with Gasteiger partial charge in [0, 0.05) is 35.7 Å². The van der Waals surface area contributed by atoms with Crippen molar-refractivity contribution in [3.8, 4) is 11.4 Å². The molecule has 3 aromatic carbocycles. The van der Waals surface area contributed by atoms with Crippen LogP contribution in [0.3, 0.4) is 0 Å². The molecular weight excluding hydrogens is 504 g/mol. The number of nitrogens with zero attached hydrogens (tertiary/aromatic N) is 3. The summed E-state index contributed by atoms with van der Waals surface area (Å²) in [6, 6.07) is 17.5. The second-order valence-electron chi connectivity index (χ2n) is 7.66. The van der Waals surface area contributed by atoms with Gasteiger partial charge in [-0.25, -0.2) is 14.8 Å². The third-order valence-electron chi connectivity index (χ3n) is 5.22. The number of benzene rings is 3. The summed E-state index contributed by atoms with van der Waals surface area (Å²) in [6.07, 6.45) is 5.00. The van der Waals surface area contributed by atoms with Gasteiger partial charge in [0.15, 0.2) is 0 Å². The monoisotopic (exact) mass is 522 g/mol. The molecule has 2 heterocycles. The number of aromatic amines is 1. The van der Waals surface area contributed by atoms with E-state index >= 15 is 0 Å². The topological polar surface area (TPSA) is 131 Å². The van der Waals surface area contributed by atoms with Crippen LogP contribution in [-0.4, -0.2) is 34.0 Å². The van der Waals surface area contributed by atoms with Crippen molar-refractivity contribution in [3.63, 3.8) is 0 Å². The predicted molar refractivity (Wildman–Crippen MR) is 135 cm³/mol. The first-order valence-electron chi connectivity index (χ1n) is 10.7. The number of hydrogen-bond acceptors (Lipinski definition) is 6. The van der Waals surface area contributed by atoms with Gasteiger partial charge in [0.25, 0.3) is 0 Å². The standard InChI is InChI=1S/C24H19ClN6O4S/c25-20-4-2-1-3-16(20)14-27-24(32)30-23-28-21-10-7-18(13-22(21)29-23)35-36(33,34)19-8-5-17(6-9-19)31-12-11-26-15-31/h1-13,15H,14H2,(H3,27,28,29,30,32). The van der Waals surface area contributed by atoms with Crippen LogP contribution in [0.5, 0.6) is 5.75 Å². The summed E-state index contributed by atoms with van der Waals surface area (Å²) in [6.45, 7) is 0.241. The van der Waals surface area contributed by atoms with E-state index in [1.807, 2.05) is 18.2 Å². The number of amides is 2. The van der Waals surface area contributed by atoms with E-state index in [2.05, 4.69) is 25.6 Å². The molecule has 2 aromatic heterocycles. The number of halogens is 1. The second-order valence-corrected chi connectivity index (χ2v) is 9.62. The Hall–Kier alpha value is -4.35. The number of nitrogens with one attached hydrogen (secondary N) is 3. The van der Waals surface area contributed by atoms with E-state index in [1.165, 1.54) is 24.3 Å². The van der Waals surface area contributed by atoms with Gasteiger partial charge >= 0.3 is 16.1 Å². The zero-order chi connectivity index (χ0) is 25.1. The van der Waals surface area contributed by atoms with Crippen molar-refractivity contribution in [2.24, 2.45) is 0 Å². The Morgan fingerprint density at radius 2 is 1.89 bits per heavy atom. The summed E-state index contributed by atoms with van der Waals surface area (Å²) in [5, 5.41) is 5.86. The number of urea groups is 1. The summed E-state index contributed by atoms with van der Waals surface area (Å²) in [7, 11) is -4.07. The van der Waals surface area contributed by atoms with Crippen molar-refractivity contribution in [1.29, 1.82) is 0 Å². The number of carbonyl (C=O) groups excluding carboxylic acids is 1. The number of hydrogen-bond donors (Lipinski definition) is 3. The van der Waals surface area contributed by atoms with Gasteiger partial charge < -0.3 is 19.1 Å². The van der Waals surface area contributed by atoms with Gasteiger partial charge in [-0.3, -0.25) is 5.32 Å². The highest BCUT2D eigenvalue weighted by atomic mass is 35.5. The third-order valence-corrected chi connectivity index (χ3v) is 6.85. The van der Waals surface area contributed by atoms with Crippen molar-refractivity contribution in [2.75, 3.05) is 5.32 Å². The molecule has 0 saturated carbocycles. The summed E-state index contributed by atoms with van der Waals surface area (Å²) in [5.74, 6) is 0.277. The Morgan fingerprint density at radius 1 is 1.08 bits per heavy atom. The van der Waals surface area contributed by atoms with E-state index in [0.29, 0.717) is 16.1 Å². The van der Waals surface area contributed by atoms with Crippen LogP contribution in [-0.2, 0) is 16.7 Å². The van der Waals surface area contributed by atoms with Crippen LogP contribution in [0.25, 0.3) is 16.7 Å². The first-order valence-corrected chi connectivity index (χ1v) is 12.5. The Labute approximate surface area is 211 Å². The molecule has 0 atom stereocenters. The van der Waals surface area contributed by atoms with Crippen molar-refractivity contribution < 1.29 is 17.4 Å². The van der Waals surface area contributed by atoms with E-state index < -0.39 is 16.1 Å². The molecule has 0 bridgehead atoms. The van der Waals surface area contributed by atoms with E-state index in [-0.39, 0.29) is 23.1 Å². The van der Waals surface area contributed by atoms with Gasteiger partial charge in [-0.2, -0.15) is 8.42 Å². The molecule has 182 valence electrons. The Bertz CT molecular complexity index is 1630. The third kappa shape index (κ3) is 5.16. The maximum Gasteiger partial charge on any atom is 0.339 e. The lowest BCUT2D eigenvalue weighted by Crippen LogP contribution is -2.28. The molecule has 12 heteroatoms. The van der Waals surface area contributed by atoms with Crippen molar-refractivity contribution >= 4 is 44.7 Å². The number of imidazole rings is 2. The van der Waals surface area contributed by atoms with E-state index in [9.17, 15) is 13.2 Å². The number of carbonyl (C=O) groups is 1. The molecule has 2 amide bonds. The molecule has 0 aliphatic carbocycles. The molecule has 3 N–H and O–H groups in total. The zero-order valence-electron chi connectivity index (χ0n) is 18.6. The lowest BCUT2D eigenvalue weighted by atomic mass is 10.2. The van der Waals surface area contributed by atoms with Crippen molar-refractivity contribution in [1.82, 2.24) is 24.8 Å². The average molecular weight is 523 g/mol. The van der Waals surface area contributed by atoms with Gasteiger partial charge in [-0.15, -0.1) is 0 Å². The van der Waals surface area contributed by atoms with E-state index in [1.54, 1.807) is 47.6 Å². The molecule has 0 aliphatic rings. The summed E-state index contributed by atoms with van der Waals surface area (Å²) in [4.78, 5) is 23.5. The van der Waals surface area contributed by atoms with Crippen LogP contribution in [0.15, 0.2) is 90.3 Å². The van der Waals surface area contributed by atoms with Crippen molar-refractivity contribution in [2.45, 2.75) is 11.4 Å². The predicted octanol–water partition coefficient (Wildman–Crippen LogP) is 4.49. The van der Waals surface area contributed by atoms with E-state index in [0.717, 1.165) is 11.3 Å². The molecule has 36 heavy (non-hydrogen) atoms. The molecule has 5 aromatic rings. The fourth-order valence-electron chi connectivity index (χ4n) is 3.44. The molecule has 0 unspecified atom stereocenters. The average Bonchev–Trinajstić information content (AvgIpc) is 3.53. The second kappa shape index (κ2) is 9.72. The Morgan fingerprint density at radius 3 is 2.64 bits per heavy atom. The quantitative estimate of drug-likeness (QED) is 0.270. The van der Waals surface area contributed by atoms with Gasteiger partial charge in [0.1, 0.15) is 10.6 Å². The molecule has 10 nitrogen and oxygen atoms in total. The number of rotatable bonds is 7. The summed E-state index contributed by atoms with van der Waals surface area (Å²) in [5.41, 5.74) is 2.55. The van der Waals surface area contributed by atoms with Gasteiger partial charge in [0.2, 0.25) is 5.95 Å².